The van der Waals surface area contributed by atoms with Crippen LogP contribution < -0.4 is 10.1 Å². The maximum atomic E-state index is 12.2. The summed E-state index contributed by atoms with van der Waals surface area (Å²) >= 11 is 5.98. The Morgan fingerprint density at radius 3 is 2.79 bits per heavy atom. The number of hydrogen-bond donors (Lipinski definition) is 1. The largest absolute Gasteiger partial charge is 0.492 e. The van der Waals surface area contributed by atoms with Gasteiger partial charge in [-0.25, -0.2) is 0 Å². The fourth-order valence-electron chi connectivity index (χ4n) is 2.48. The quantitative estimate of drug-likeness (QED) is 0.895. The summed E-state index contributed by atoms with van der Waals surface area (Å²) in [5, 5.41) is 3.56. The Morgan fingerprint density at radius 2 is 2.11 bits per heavy atom. The van der Waals surface area contributed by atoms with Gasteiger partial charge < -0.3 is 10.1 Å². The van der Waals surface area contributed by atoms with Crippen molar-refractivity contribution in [1.29, 1.82) is 0 Å². The zero-order valence-corrected chi connectivity index (χ0v) is 12.0. The lowest BCUT2D eigenvalue weighted by molar-refractivity contribution is -0.120. The molecule has 0 unspecified atom stereocenters. The van der Waals surface area contributed by atoms with Gasteiger partial charge in [0.2, 0.25) is 5.91 Å². The van der Waals surface area contributed by atoms with Gasteiger partial charge in [0.15, 0.2) is 0 Å². The minimum atomic E-state index is 0.0860. The Bertz CT molecular complexity index is 442. The second-order valence-electron chi connectivity index (χ2n) is 4.90. The first-order valence-corrected chi connectivity index (χ1v) is 7.31. The van der Waals surface area contributed by atoms with Crippen LogP contribution in [0.3, 0.4) is 0 Å². The smallest absolute Gasteiger partial charge is 0.227 e. The highest BCUT2D eigenvalue weighted by molar-refractivity contribution is 6.31. The molecule has 0 bridgehead atoms. The van der Waals surface area contributed by atoms with Gasteiger partial charge in [-0.1, -0.05) is 30.9 Å². The third-order valence-corrected chi connectivity index (χ3v) is 3.71. The van der Waals surface area contributed by atoms with Crippen molar-refractivity contribution in [2.24, 2.45) is 5.92 Å². The molecule has 0 atom stereocenters. The number of halogens is 1. The lowest BCUT2D eigenvalue weighted by Gasteiger charge is -2.21. The van der Waals surface area contributed by atoms with E-state index in [0.717, 1.165) is 25.7 Å². The van der Waals surface area contributed by atoms with Crippen molar-refractivity contribution in [3.05, 3.63) is 23.2 Å². The number of amides is 1. The SMILES string of the molecule is CCOc1ccc(Cl)cc1NC(=O)C1CCCCC1. The third kappa shape index (κ3) is 3.87. The summed E-state index contributed by atoms with van der Waals surface area (Å²) in [7, 11) is 0. The highest BCUT2D eigenvalue weighted by Crippen LogP contribution is 2.30. The summed E-state index contributed by atoms with van der Waals surface area (Å²) in [6, 6.07) is 5.30. The molecule has 0 heterocycles. The number of nitrogens with one attached hydrogen (secondary N) is 1. The third-order valence-electron chi connectivity index (χ3n) is 3.48. The van der Waals surface area contributed by atoms with Gasteiger partial charge in [0.1, 0.15) is 5.75 Å². The molecule has 1 N–H and O–H groups in total. The molecule has 3 nitrogen and oxygen atoms in total. The van der Waals surface area contributed by atoms with Crippen LogP contribution in [-0.4, -0.2) is 12.5 Å². The fourth-order valence-corrected chi connectivity index (χ4v) is 2.65. The summed E-state index contributed by atoms with van der Waals surface area (Å²) in [5.74, 6) is 0.890. The molecule has 0 radical (unpaired) electrons. The van der Waals surface area contributed by atoms with Crippen LogP contribution in [0.25, 0.3) is 0 Å². The van der Waals surface area contributed by atoms with Crippen molar-refractivity contribution in [3.63, 3.8) is 0 Å². The molecule has 0 aliphatic heterocycles. The number of carbonyl (C=O) groups is 1. The number of rotatable bonds is 4. The van der Waals surface area contributed by atoms with Crippen LogP contribution in [0.15, 0.2) is 18.2 Å². The molecular weight excluding hydrogens is 262 g/mol. The van der Waals surface area contributed by atoms with Crippen LogP contribution in [-0.2, 0) is 4.79 Å². The molecule has 2 rings (SSSR count). The van der Waals surface area contributed by atoms with Crippen molar-refractivity contribution in [2.75, 3.05) is 11.9 Å². The van der Waals surface area contributed by atoms with E-state index in [1.807, 2.05) is 6.92 Å². The van der Waals surface area contributed by atoms with Crippen molar-refractivity contribution in [2.45, 2.75) is 39.0 Å². The molecule has 0 aromatic heterocycles. The van der Waals surface area contributed by atoms with E-state index in [1.54, 1.807) is 18.2 Å². The van der Waals surface area contributed by atoms with Gasteiger partial charge in [-0.2, -0.15) is 0 Å². The van der Waals surface area contributed by atoms with E-state index in [1.165, 1.54) is 6.42 Å². The van der Waals surface area contributed by atoms with Crippen molar-refractivity contribution in [1.82, 2.24) is 0 Å². The molecule has 104 valence electrons. The van der Waals surface area contributed by atoms with Crippen molar-refractivity contribution in [3.8, 4) is 5.75 Å². The summed E-state index contributed by atoms with van der Waals surface area (Å²) in [6.45, 7) is 2.48. The van der Waals surface area contributed by atoms with Gasteiger partial charge in [0, 0.05) is 10.9 Å². The van der Waals surface area contributed by atoms with Crippen LogP contribution in [0, 0.1) is 5.92 Å². The van der Waals surface area contributed by atoms with Crippen LogP contribution in [0.2, 0.25) is 5.02 Å². The molecular formula is C15H20ClNO2. The predicted molar refractivity (Wildman–Crippen MR) is 77.8 cm³/mol. The minimum absolute atomic E-state index is 0.0860. The van der Waals surface area contributed by atoms with E-state index >= 15 is 0 Å². The highest BCUT2D eigenvalue weighted by atomic mass is 35.5. The Balaban J connectivity index is 2.08. The Morgan fingerprint density at radius 1 is 1.37 bits per heavy atom. The second-order valence-corrected chi connectivity index (χ2v) is 5.33. The van der Waals surface area contributed by atoms with Gasteiger partial charge >= 0.3 is 0 Å². The fraction of sp³-hybridized carbons (Fsp3) is 0.533. The van der Waals surface area contributed by atoms with Crippen LogP contribution in [0.4, 0.5) is 5.69 Å². The topological polar surface area (TPSA) is 38.3 Å². The highest BCUT2D eigenvalue weighted by Gasteiger charge is 2.22. The van der Waals surface area contributed by atoms with E-state index in [0.29, 0.717) is 23.1 Å². The van der Waals surface area contributed by atoms with Crippen LogP contribution in [0.1, 0.15) is 39.0 Å². The molecule has 19 heavy (non-hydrogen) atoms. The molecule has 1 amide bonds. The monoisotopic (exact) mass is 281 g/mol. The Labute approximate surface area is 119 Å². The molecule has 4 heteroatoms. The zero-order chi connectivity index (χ0) is 13.7. The van der Waals surface area contributed by atoms with E-state index in [-0.39, 0.29) is 11.8 Å². The average molecular weight is 282 g/mol. The number of benzene rings is 1. The van der Waals surface area contributed by atoms with E-state index in [9.17, 15) is 4.79 Å². The van der Waals surface area contributed by atoms with Gasteiger partial charge in [-0.3, -0.25) is 4.79 Å². The molecule has 1 saturated carbocycles. The molecule has 1 aromatic rings. The first-order chi connectivity index (χ1) is 9.20. The Kier molecular flexibility index (Phi) is 5.08. The van der Waals surface area contributed by atoms with E-state index in [2.05, 4.69) is 5.32 Å². The number of carbonyl (C=O) groups excluding carboxylic acids is 1. The van der Waals surface area contributed by atoms with Gasteiger partial charge in [-0.15, -0.1) is 0 Å². The number of ether oxygens (including phenoxy) is 1. The lowest BCUT2D eigenvalue weighted by atomic mass is 9.88. The number of anilines is 1. The number of hydrogen-bond acceptors (Lipinski definition) is 2. The Hall–Kier alpha value is -1.22. The predicted octanol–water partition coefficient (Wildman–Crippen LogP) is 4.26. The van der Waals surface area contributed by atoms with Gasteiger partial charge in [0.25, 0.3) is 0 Å². The van der Waals surface area contributed by atoms with Crippen molar-refractivity contribution < 1.29 is 9.53 Å². The van der Waals surface area contributed by atoms with Gasteiger partial charge in [-0.05, 0) is 38.0 Å². The van der Waals surface area contributed by atoms with E-state index < -0.39 is 0 Å². The molecule has 1 aliphatic carbocycles. The summed E-state index contributed by atoms with van der Waals surface area (Å²) in [5.41, 5.74) is 0.671. The zero-order valence-electron chi connectivity index (χ0n) is 11.2. The van der Waals surface area contributed by atoms with Gasteiger partial charge in [0.05, 0.1) is 12.3 Å². The molecule has 1 fully saturated rings. The van der Waals surface area contributed by atoms with Crippen LogP contribution >= 0.6 is 11.6 Å². The molecule has 1 aromatic carbocycles. The summed E-state index contributed by atoms with van der Waals surface area (Å²) in [6.07, 6.45) is 5.50. The molecule has 0 spiro atoms. The summed E-state index contributed by atoms with van der Waals surface area (Å²) in [4.78, 5) is 12.2. The lowest BCUT2D eigenvalue weighted by Crippen LogP contribution is -2.25. The molecule has 0 saturated heterocycles. The average Bonchev–Trinajstić information content (AvgIpc) is 2.43. The summed E-state index contributed by atoms with van der Waals surface area (Å²) < 4.78 is 5.51. The minimum Gasteiger partial charge on any atom is -0.492 e. The normalized spacial score (nSPS) is 16.1. The first kappa shape index (κ1) is 14.2. The van der Waals surface area contributed by atoms with Crippen molar-refractivity contribution >= 4 is 23.2 Å². The van der Waals surface area contributed by atoms with Crippen LogP contribution in [0.5, 0.6) is 5.75 Å². The maximum absolute atomic E-state index is 12.2. The first-order valence-electron chi connectivity index (χ1n) is 6.94. The van der Waals surface area contributed by atoms with E-state index in [4.69, 9.17) is 16.3 Å². The standard InChI is InChI=1S/C15H20ClNO2/c1-2-19-14-9-8-12(16)10-13(14)17-15(18)11-6-4-3-5-7-11/h8-11H,2-7H2,1H3,(H,17,18). The molecule has 1 aliphatic rings. The maximum Gasteiger partial charge on any atom is 0.227 e. The second kappa shape index (κ2) is 6.80.